The predicted octanol–water partition coefficient (Wildman–Crippen LogP) is 4.07. The molecule has 3 rings (SSSR count). The van der Waals surface area contributed by atoms with Crippen molar-refractivity contribution in [1.82, 2.24) is 4.57 Å². The summed E-state index contributed by atoms with van der Waals surface area (Å²) in [6.45, 7) is 2.67. The highest BCUT2D eigenvalue weighted by Crippen LogP contribution is 2.23. The lowest BCUT2D eigenvalue weighted by Crippen LogP contribution is -2.15. The fourth-order valence-electron chi connectivity index (χ4n) is 2.28. The Morgan fingerprint density at radius 1 is 1.25 bits per heavy atom. The summed E-state index contributed by atoms with van der Waals surface area (Å²) in [4.78, 5) is 29.5. The lowest BCUT2D eigenvalue weighted by atomic mass is 10.2. The van der Waals surface area contributed by atoms with E-state index in [1.54, 1.807) is 18.2 Å². The van der Waals surface area contributed by atoms with Crippen molar-refractivity contribution in [3.63, 3.8) is 0 Å². The molecule has 0 aliphatic rings. The number of methoxy groups -OCH3 is 1. The van der Waals surface area contributed by atoms with E-state index in [0.29, 0.717) is 21.8 Å². The van der Waals surface area contributed by atoms with Crippen LogP contribution in [0.2, 0.25) is 0 Å². The van der Waals surface area contributed by atoms with Gasteiger partial charge in [-0.1, -0.05) is 11.3 Å². The van der Waals surface area contributed by atoms with Crippen LogP contribution in [0.3, 0.4) is 0 Å². The van der Waals surface area contributed by atoms with E-state index in [0.717, 1.165) is 14.0 Å². The minimum Gasteiger partial charge on any atom is -0.465 e. The number of aryl methyl sites for hydroxylation is 1. The molecule has 0 atom stereocenters. The molecule has 24 heavy (non-hydrogen) atoms. The normalized spacial score (nSPS) is 11.9. The molecule has 0 unspecified atom stereocenters. The van der Waals surface area contributed by atoms with Gasteiger partial charge in [0.05, 0.1) is 31.6 Å². The van der Waals surface area contributed by atoms with Crippen molar-refractivity contribution in [3.8, 4) is 0 Å². The topological polar surface area (TPSA) is 60.7 Å². The molecule has 0 aliphatic heterocycles. The number of benzene rings is 1. The van der Waals surface area contributed by atoms with Gasteiger partial charge in [-0.3, -0.25) is 4.79 Å². The fraction of sp³-hybridized carbons (Fsp3) is 0.188. The van der Waals surface area contributed by atoms with Crippen LogP contribution in [0, 0.1) is 0 Å². The molecule has 2 heterocycles. The van der Waals surface area contributed by atoms with Crippen molar-refractivity contribution < 1.29 is 14.3 Å². The average Bonchev–Trinajstić information content (AvgIpc) is 3.16. The summed E-state index contributed by atoms with van der Waals surface area (Å²) >= 11 is 6.08. The number of hydrogen-bond acceptors (Lipinski definition) is 5. The lowest BCUT2D eigenvalue weighted by molar-refractivity contribution is 0.0601. The van der Waals surface area contributed by atoms with E-state index in [2.05, 4.69) is 20.9 Å². The van der Waals surface area contributed by atoms with Crippen LogP contribution in [0.4, 0.5) is 0 Å². The van der Waals surface area contributed by atoms with Crippen molar-refractivity contribution in [1.29, 1.82) is 0 Å². The maximum Gasteiger partial charge on any atom is 0.337 e. The first kappa shape index (κ1) is 17.1. The van der Waals surface area contributed by atoms with Crippen molar-refractivity contribution in [3.05, 3.63) is 49.4 Å². The monoisotopic (exact) mass is 424 g/mol. The first-order valence-electron chi connectivity index (χ1n) is 7.09. The number of esters is 1. The molecule has 0 saturated carbocycles. The Morgan fingerprint density at radius 2 is 2.04 bits per heavy atom. The van der Waals surface area contributed by atoms with Crippen LogP contribution >= 0.6 is 38.6 Å². The highest BCUT2D eigenvalue weighted by Gasteiger charge is 2.12. The number of carbonyl (C=O) groups excluding carboxylic acids is 2. The Hall–Kier alpha value is -1.77. The van der Waals surface area contributed by atoms with Gasteiger partial charge < -0.3 is 9.30 Å². The summed E-state index contributed by atoms with van der Waals surface area (Å²) in [5.41, 5.74) is 1.42. The molecule has 2 aromatic heterocycles. The predicted molar refractivity (Wildman–Crippen MR) is 98.7 cm³/mol. The van der Waals surface area contributed by atoms with Crippen LogP contribution in [-0.4, -0.2) is 23.6 Å². The second-order valence-corrected chi connectivity index (χ2v) is 8.30. The minimum absolute atomic E-state index is 0.271. The molecule has 1 amide bonds. The van der Waals surface area contributed by atoms with Gasteiger partial charge in [-0.15, -0.1) is 11.3 Å². The summed E-state index contributed by atoms with van der Waals surface area (Å²) < 4.78 is 8.49. The minimum atomic E-state index is -0.383. The summed E-state index contributed by atoms with van der Waals surface area (Å²) in [5.74, 6) is -0.654. The van der Waals surface area contributed by atoms with Gasteiger partial charge in [-0.05, 0) is 53.2 Å². The number of rotatable bonds is 3. The number of thiophene rings is 1. The Bertz CT molecular complexity index is 1000. The number of fused-ring (bicyclic) bond motifs is 1. The number of aromatic nitrogens is 1. The van der Waals surface area contributed by atoms with Crippen LogP contribution in [0.15, 0.2) is 39.1 Å². The van der Waals surface area contributed by atoms with Crippen LogP contribution < -0.4 is 4.80 Å². The summed E-state index contributed by atoms with van der Waals surface area (Å²) in [7, 11) is 1.35. The Labute approximate surface area is 154 Å². The Morgan fingerprint density at radius 3 is 2.67 bits per heavy atom. The van der Waals surface area contributed by atoms with Gasteiger partial charge in [0, 0.05) is 6.54 Å². The van der Waals surface area contributed by atoms with Crippen molar-refractivity contribution in [2.75, 3.05) is 7.11 Å². The second-order valence-electron chi connectivity index (χ2n) is 4.82. The molecule has 0 radical (unpaired) electrons. The van der Waals surface area contributed by atoms with Crippen molar-refractivity contribution in [2.45, 2.75) is 13.5 Å². The number of halogens is 1. The van der Waals surface area contributed by atoms with E-state index in [9.17, 15) is 9.59 Å². The molecule has 3 aromatic rings. The molecule has 1 aromatic carbocycles. The summed E-state index contributed by atoms with van der Waals surface area (Å²) in [5, 5.41) is 0. The smallest absolute Gasteiger partial charge is 0.337 e. The highest BCUT2D eigenvalue weighted by molar-refractivity contribution is 9.11. The molecule has 0 bridgehead atoms. The third kappa shape index (κ3) is 3.22. The molecule has 0 saturated heterocycles. The van der Waals surface area contributed by atoms with Crippen molar-refractivity contribution in [2.24, 2.45) is 4.99 Å². The maximum atomic E-state index is 12.3. The van der Waals surface area contributed by atoms with E-state index in [1.807, 2.05) is 23.6 Å². The molecular weight excluding hydrogens is 412 g/mol. The molecule has 0 fully saturated rings. The number of amides is 1. The fourth-order valence-corrected chi connectivity index (χ4v) is 4.68. The molecule has 0 N–H and O–H groups in total. The number of ether oxygens (including phenoxy) is 1. The molecule has 0 aliphatic carbocycles. The van der Waals surface area contributed by atoms with E-state index in [-0.39, 0.29) is 11.9 Å². The summed E-state index contributed by atoms with van der Waals surface area (Å²) in [6.07, 6.45) is 0. The van der Waals surface area contributed by atoms with E-state index >= 15 is 0 Å². The van der Waals surface area contributed by atoms with Crippen LogP contribution in [0.5, 0.6) is 0 Å². The first-order valence-corrected chi connectivity index (χ1v) is 9.52. The third-order valence-corrected chi connectivity index (χ3v) is 6.05. The van der Waals surface area contributed by atoms with Crippen LogP contribution in [0.1, 0.15) is 27.0 Å². The third-order valence-electron chi connectivity index (χ3n) is 3.40. The van der Waals surface area contributed by atoms with E-state index in [4.69, 9.17) is 4.74 Å². The Kier molecular flexibility index (Phi) is 4.98. The van der Waals surface area contributed by atoms with Crippen LogP contribution in [-0.2, 0) is 11.3 Å². The quantitative estimate of drug-likeness (QED) is 0.595. The number of carbonyl (C=O) groups is 2. The zero-order chi connectivity index (χ0) is 17.3. The highest BCUT2D eigenvalue weighted by atomic mass is 79.9. The van der Waals surface area contributed by atoms with Gasteiger partial charge >= 0.3 is 5.97 Å². The zero-order valence-corrected chi connectivity index (χ0v) is 16.1. The zero-order valence-electron chi connectivity index (χ0n) is 12.9. The number of thiazole rings is 1. The maximum absolute atomic E-state index is 12.3. The first-order chi connectivity index (χ1) is 11.5. The van der Waals surface area contributed by atoms with Gasteiger partial charge in [-0.25, -0.2) is 4.79 Å². The van der Waals surface area contributed by atoms with Gasteiger partial charge in [0.25, 0.3) is 5.91 Å². The molecule has 0 spiro atoms. The molecule has 8 heteroatoms. The second kappa shape index (κ2) is 7.00. The van der Waals surface area contributed by atoms with E-state index in [1.165, 1.54) is 29.8 Å². The molecule has 5 nitrogen and oxygen atoms in total. The largest absolute Gasteiger partial charge is 0.465 e. The molecular formula is C16H13BrN2O3S2. The standard InChI is InChI=1S/C16H13BrN2O3S2/c1-3-19-10-5-4-9(15(21)22-2)8-12(10)24-16(19)18-14(20)11-6-7-13(17)23-11/h4-8H,3H2,1-2H3. The number of nitrogens with zero attached hydrogens (tertiary/aromatic N) is 2. The lowest BCUT2D eigenvalue weighted by Gasteiger charge is -2.01. The SMILES string of the molecule is CCn1c(=NC(=O)c2ccc(Br)s2)sc2cc(C(=O)OC)ccc21. The van der Waals surface area contributed by atoms with Crippen LogP contribution in [0.25, 0.3) is 10.2 Å². The number of hydrogen-bond donors (Lipinski definition) is 0. The molecule has 124 valence electrons. The van der Waals surface area contributed by atoms with Crippen molar-refractivity contribution >= 4 is 60.7 Å². The van der Waals surface area contributed by atoms with Gasteiger partial charge in [0.15, 0.2) is 4.80 Å². The van der Waals surface area contributed by atoms with E-state index < -0.39 is 0 Å². The summed E-state index contributed by atoms with van der Waals surface area (Å²) in [6, 6.07) is 8.92. The van der Waals surface area contributed by atoms with Gasteiger partial charge in [0.2, 0.25) is 0 Å². The average molecular weight is 425 g/mol. The van der Waals surface area contributed by atoms with Gasteiger partial charge in [0.1, 0.15) is 0 Å². The Balaban J connectivity index is 2.11. The van der Waals surface area contributed by atoms with Gasteiger partial charge in [-0.2, -0.15) is 4.99 Å².